The summed E-state index contributed by atoms with van der Waals surface area (Å²) in [6.07, 6.45) is 5.16. The molecule has 4 rings (SSSR count). The quantitative estimate of drug-likeness (QED) is 0.244. The highest BCUT2D eigenvalue weighted by Gasteiger charge is 2.34. The van der Waals surface area contributed by atoms with Crippen LogP contribution in [0, 0.1) is 3.57 Å². The second-order valence-corrected chi connectivity index (χ2v) is 14.2. The lowest BCUT2D eigenvalue weighted by molar-refractivity contribution is -0.140. The van der Waals surface area contributed by atoms with Crippen molar-refractivity contribution >= 4 is 73.3 Å². The SMILES string of the molecule is CS(=O)(=O)N(CC(=O)N(Cc1ccc(Cl)cc1Cl)C(Cc1ccccc1)C(=O)NC1CCCC1)c1ccc(I)cc1. The molecule has 0 radical (unpaired) electrons. The number of carbonyl (C=O) groups excluding carboxylic acids is 2. The van der Waals surface area contributed by atoms with Crippen LogP contribution in [0.1, 0.15) is 36.8 Å². The van der Waals surface area contributed by atoms with Gasteiger partial charge < -0.3 is 10.2 Å². The summed E-state index contributed by atoms with van der Waals surface area (Å²) in [5, 5.41) is 3.94. The first kappa shape index (κ1) is 31.6. The molecule has 0 aliphatic heterocycles. The largest absolute Gasteiger partial charge is 0.352 e. The first-order chi connectivity index (χ1) is 19.5. The van der Waals surface area contributed by atoms with Gasteiger partial charge in [0.15, 0.2) is 0 Å². The third-order valence-electron chi connectivity index (χ3n) is 7.12. The number of hydrogen-bond acceptors (Lipinski definition) is 4. The number of anilines is 1. The molecule has 1 atom stereocenters. The monoisotopic (exact) mass is 727 g/mol. The number of amides is 2. The van der Waals surface area contributed by atoms with Gasteiger partial charge in [0.25, 0.3) is 0 Å². The highest BCUT2D eigenvalue weighted by Crippen LogP contribution is 2.26. The van der Waals surface area contributed by atoms with Gasteiger partial charge in [0, 0.05) is 32.6 Å². The average Bonchev–Trinajstić information content (AvgIpc) is 3.44. The molecule has 1 aliphatic rings. The van der Waals surface area contributed by atoms with Crippen molar-refractivity contribution in [2.45, 2.75) is 50.7 Å². The molecule has 1 aliphatic carbocycles. The number of carbonyl (C=O) groups is 2. The van der Waals surface area contributed by atoms with E-state index in [9.17, 15) is 18.0 Å². The normalized spacial score (nSPS) is 14.4. The fraction of sp³-hybridized carbons (Fsp3) is 0.333. The third-order valence-corrected chi connectivity index (χ3v) is 9.57. The molecule has 0 saturated heterocycles. The number of hydrogen-bond donors (Lipinski definition) is 1. The zero-order valence-electron chi connectivity index (χ0n) is 22.6. The summed E-state index contributed by atoms with van der Waals surface area (Å²) >= 11 is 14.8. The van der Waals surface area contributed by atoms with E-state index in [1.165, 1.54) is 4.90 Å². The molecule has 0 heterocycles. The number of sulfonamides is 1. The van der Waals surface area contributed by atoms with Crippen molar-refractivity contribution in [3.63, 3.8) is 0 Å². The van der Waals surface area contributed by atoms with Crippen LogP contribution in [-0.2, 0) is 32.6 Å². The number of benzene rings is 3. The first-order valence-electron chi connectivity index (χ1n) is 13.3. The van der Waals surface area contributed by atoms with Crippen LogP contribution < -0.4 is 9.62 Å². The van der Waals surface area contributed by atoms with Gasteiger partial charge in [-0.3, -0.25) is 13.9 Å². The van der Waals surface area contributed by atoms with Gasteiger partial charge in [-0.25, -0.2) is 8.42 Å². The lowest BCUT2D eigenvalue weighted by Gasteiger charge is -2.34. The number of nitrogens with one attached hydrogen (secondary N) is 1. The van der Waals surface area contributed by atoms with Crippen molar-refractivity contribution in [1.82, 2.24) is 10.2 Å². The minimum absolute atomic E-state index is 0.00525. The Morgan fingerprint density at radius 1 is 1.00 bits per heavy atom. The topological polar surface area (TPSA) is 86.8 Å². The summed E-state index contributed by atoms with van der Waals surface area (Å²) in [5.74, 6) is -0.804. The second kappa shape index (κ2) is 14.2. The molecule has 218 valence electrons. The zero-order valence-corrected chi connectivity index (χ0v) is 27.1. The van der Waals surface area contributed by atoms with Crippen LogP contribution in [0.3, 0.4) is 0 Å². The average molecular weight is 728 g/mol. The summed E-state index contributed by atoms with van der Waals surface area (Å²) in [6.45, 7) is -0.485. The van der Waals surface area contributed by atoms with Crippen LogP contribution in [-0.4, -0.2) is 50.0 Å². The Bertz CT molecular complexity index is 1470. The van der Waals surface area contributed by atoms with E-state index in [2.05, 4.69) is 27.9 Å². The van der Waals surface area contributed by atoms with Crippen molar-refractivity contribution in [3.05, 3.63) is 97.5 Å². The maximum absolute atomic E-state index is 14.2. The maximum Gasteiger partial charge on any atom is 0.244 e. The Morgan fingerprint density at radius 3 is 2.27 bits per heavy atom. The Kier molecular flexibility index (Phi) is 11.0. The molecule has 41 heavy (non-hydrogen) atoms. The number of rotatable bonds is 11. The minimum atomic E-state index is -3.83. The molecule has 1 unspecified atom stereocenters. The summed E-state index contributed by atoms with van der Waals surface area (Å²) in [6, 6.07) is 20.4. The van der Waals surface area contributed by atoms with Crippen LogP contribution in [0.15, 0.2) is 72.8 Å². The zero-order chi connectivity index (χ0) is 29.6. The van der Waals surface area contributed by atoms with E-state index in [0.29, 0.717) is 21.3 Å². The fourth-order valence-corrected chi connectivity index (χ4v) is 6.65. The van der Waals surface area contributed by atoms with Crippen molar-refractivity contribution in [3.8, 4) is 0 Å². The van der Waals surface area contributed by atoms with Crippen LogP contribution >= 0.6 is 45.8 Å². The van der Waals surface area contributed by atoms with Crippen molar-refractivity contribution in [2.75, 3.05) is 17.1 Å². The summed E-state index contributed by atoms with van der Waals surface area (Å²) in [4.78, 5) is 29.5. The molecule has 1 N–H and O–H groups in total. The predicted molar refractivity (Wildman–Crippen MR) is 173 cm³/mol. The smallest absolute Gasteiger partial charge is 0.244 e. The maximum atomic E-state index is 14.2. The van der Waals surface area contributed by atoms with Crippen LogP contribution in [0.5, 0.6) is 0 Å². The second-order valence-electron chi connectivity index (χ2n) is 10.2. The fourth-order valence-electron chi connectivity index (χ4n) is 4.98. The molecule has 0 spiro atoms. The van der Waals surface area contributed by atoms with Gasteiger partial charge in [0.1, 0.15) is 12.6 Å². The molecule has 11 heteroatoms. The lowest BCUT2D eigenvalue weighted by atomic mass is 10.0. The molecule has 1 fully saturated rings. The van der Waals surface area contributed by atoms with E-state index in [1.54, 1.807) is 42.5 Å². The van der Waals surface area contributed by atoms with Gasteiger partial charge in [-0.1, -0.05) is 72.4 Å². The van der Waals surface area contributed by atoms with Gasteiger partial charge in [0.05, 0.1) is 11.9 Å². The number of halogens is 3. The predicted octanol–water partition coefficient (Wildman–Crippen LogP) is 6.06. The molecular formula is C30H32Cl2IN3O4S. The van der Waals surface area contributed by atoms with Gasteiger partial charge in [-0.05, 0) is 83.0 Å². The third kappa shape index (κ3) is 8.83. The number of nitrogens with zero attached hydrogens (tertiary/aromatic N) is 2. The van der Waals surface area contributed by atoms with Crippen LogP contribution in [0.2, 0.25) is 10.0 Å². The summed E-state index contributed by atoms with van der Waals surface area (Å²) in [7, 11) is -3.83. The van der Waals surface area contributed by atoms with Crippen molar-refractivity contribution < 1.29 is 18.0 Å². The summed E-state index contributed by atoms with van der Waals surface area (Å²) < 4.78 is 27.8. The molecular weight excluding hydrogens is 696 g/mol. The standard InChI is InChI=1S/C30H32Cl2IN3O4S/c1-41(39,40)36(26-15-13-24(33)14-16-26)20-29(37)35(19-22-11-12-23(31)18-27(22)32)28(17-21-7-3-2-4-8-21)30(38)34-25-9-5-6-10-25/h2-4,7-8,11-16,18,25,28H,5-6,9-10,17,19-20H2,1H3,(H,34,38). The lowest BCUT2D eigenvalue weighted by Crippen LogP contribution is -2.54. The first-order valence-corrected chi connectivity index (χ1v) is 17.0. The van der Waals surface area contributed by atoms with E-state index in [1.807, 2.05) is 30.3 Å². The Balaban J connectivity index is 1.74. The van der Waals surface area contributed by atoms with E-state index < -0.39 is 28.5 Å². The Labute approximate surface area is 265 Å². The Hall–Kier alpha value is -2.34. The molecule has 0 aromatic heterocycles. The highest BCUT2D eigenvalue weighted by atomic mass is 127. The molecule has 2 amide bonds. The van der Waals surface area contributed by atoms with E-state index in [-0.39, 0.29) is 24.9 Å². The molecule has 3 aromatic rings. The van der Waals surface area contributed by atoms with Crippen LogP contribution in [0.25, 0.3) is 0 Å². The molecule has 1 saturated carbocycles. The van der Waals surface area contributed by atoms with Gasteiger partial charge in [-0.2, -0.15) is 0 Å². The minimum Gasteiger partial charge on any atom is -0.352 e. The van der Waals surface area contributed by atoms with E-state index in [0.717, 1.165) is 45.4 Å². The van der Waals surface area contributed by atoms with Crippen molar-refractivity contribution in [2.24, 2.45) is 0 Å². The van der Waals surface area contributed by atoms with Gasteiger partial charge in [-0.15, -0.1) is 0 Å². The van der Waals surface area contributed by atoms with Crippen molar-refractivity contribution in [1.29, 1.82) is 0 Å². The molecule has 0 bridgehead atoms. The molecule has 3 aromatic carbocycles. The van der Waals surface area contributed by atoms with Gasteiger partial charge in [0.2, 0.25) is 21.8 Å². The highest BCUT2D eigenvalue weighted by molar-refractivity contribution is 14.1. The van der Waals surface area contributed by atoms with Crippen LogP contribution in [0.4, 0.5) is 5.69 Å². The van der Waals surface area contributed by atoms with E-state index in [4.69, 9.17) is 23.2 Å². The summed E-state index contributed by atoms with van der Waals surface area (Å²) in [5.41, 5.74) is 1.83. The van der Waals surface area contributed by atoms with E-state index >= 15 is 0 Å². The van der Waals surface area contributed by atoms with Gasteiger partial charge >= 0.3 is 0 Å². The molecule has 7 nitrogen and oxygen atoms in total. The Morgan fingerprint density at radius 2 is 1.66 bits per heavy atom.